The Morgan fingerprint density at radius 1 is 1.32 bits per heavy atom. The van der Waals surface area contributed by atoms with Crippen LogP contribution in [0.2, 0.25) is 5.02 Å². The van der Waals surface area contributed by atoms with Crippen molar-refractivity contribution in [2.24, 2.45) is 0 Å². The first-order valence-electron chi connectivity index (χ1n) is 7.24. The molecule has 0 atom stereocenters. The van der Waals surface area contributed by atoms with Crippen molar-refractivity contribution in [1.82, 2.24) is 4.90 Å². The lowest BCUT2D eigenvalue weighted by Crippen LogP contribution is -2.30. The normalized spacial score (nSPS) is 10.5. The molecule has 0 spiro atoms. The summed E-state index contributed by atoms with van der Waals surface area (Å²) in [7, 11) is 1.80. The Bertz CT molecular complexity index is 637. The molecule has 1 amide bonds. The van der Waals surface area contributed by atoms with Crippen LogP contribution in [0.25, 0.3) is 0 Å². The second kappa shape index (κ2) is 7.65. The molecule has 0 bridgehead atoms. The number of thiophene rings is 1. The van der Waals surface area contributed by atoms with Crippen LogP contribution in [-0.4, -0.2) is 31.0 Å². The van der Waals surface area contributed by atoms with E-state index in [1.807, 2.05) is 18.2 Å². The lowest BCUT2D eigenvalue weighted by atomic mass is 10.2. The Kier molecular flexibility index (Phi) is 5.86. The van der Waals surface area contributed by atoms with Crippen molar-refractivity contribution in [3.8, 4) is 5.75 Å². The third-order valence-corrected chi connectivity index (χ3v) is 4.80. The number of carbonyl (C=O) groups excluding carboxylic acids is 1. The van der Waals surface area contributed by atoms with E-state index < -0.39 is 0 Å². The lowest BCUT2D eigenvalue weighted by molar-refractivity contribution is 0.0778. The van der Waals surface area contributed by atoms with Gasteiger partial charge in [0.05, 0.1) is 11.4 Å². The van der Waals surface area contributed by atoms with Crippen molar-refractivity contribution < 1.29 is 9.53 Å². The third kappa shape index (κ3) is 4.24. The molecule has 0 aliphatic heterocycles. The summed E-state index contributed by atoms with van der Waals surface area (Å²) in [5.41, 5.74) is 1.25. The van der Waals surface area contributed by atoms with E-state index in [9.17, 15) is 4.79 Å². The Labute approximate surface area is 140 Å². The molecule has 5 heteroatoms. The number of ether oxygens (including phenoxy) is 1. The van der Waals surface area contributed by atoms with E-state index >= 15 is 0 Å². The summed E-state index contributed by atoms with van der Waals surface area (Å²) in [5, 5.41) is 0.680. The summed E-state index contributed by atoms with van der Waals surface area (Å²) in [5.74, 6) is 0.804. The highest BCUT2D eigenvalue weighted by atomic mass is 35.5. The number of amides is 1. The maximum absolute atomic E-state index is 12.4. The quantitative estimate of drug-likeness (QED) is 0.780. The number of rotatable bonds is 6. The van der Waals surface area contributed by atoms with E-state index in [0.717, 1.165) is 17.0 Å². The minimum atomic E-state index is 0.0486. The van der Waals surface area contributed by atoms with Gasteiger partial charge in [-0.1, -0.05) is 18.5 Å². The van der Waals surface area contributed by atoms with Gasteiger partial charge in [-0.2, -0.15) is 0 Å². The maximum Gasteiger partial charge on any atom is 0.263 e. The van der Waals surface area contributed by atoms with E-state index in [4.69, 9.17) is 16.3 Å². The van der Waals surface area contributed by atoms with Gasteiger partial charge < -0.3 is 9.64 Å². The minimum absolute atomic E-state index is 0.0486. The first kappa shape index (κ1) is 16.8. The predicted molar refractivity (Wildman–Crippen MR) is 92.3 cm³/mol. The standard InChI is InChI=1S/C17H20ClNO2S/c1-4-13-11-16(22-12(13)2)17(20)19(3)9-10-21-15-7-5-14(18)6-8-15/h5-8,11H,4,9-10H2,1-3H3. The maximum atomic E-state index is 12.4. The topological polar surface area (TPSA) is 29.5 Å². The van der Waals surface area contributed by atoms with E-state index in [-0.39, 0.29) is 5.91 Å². The molecule has 2 aromatic rings. The van der Waals surface area contributed by atoms with Gasteiger partial charge in [0.25, 0.3) is 5.91 Å². The van der Waals surface area contributed by atoms with Gasteiger partial charge in [-0.15, -0.1) is 11.3 Å². The molecule has 22 heavy (non-hydrogen) atoms. The average molecular weight is 338 g/mol. The van der Waals surface area contributed by atoms with Crippen LogP contribution >= 0.6 is 22.9 Å². The number of hydrogen-bond acceptors (Lipinski definition) is 3. The summed E-state index contributed by atoms with van der Waals surface area (Å²) in [6, 6.07) is 9.21. The van der Waals surface area contributed by atoms with Crippen LogP contribution in [0.5, 0.6) is 5.75 Å². The molecule has 1 heterocycles. The highest BCUT2D eigenvalue weighted by Gasteiger charge is 2.15. The van der Waals surface area contributed by atoms with Crippen LogP contribution in [0.1, 0.15) is 27.0 Å². The van der Waals surface area contributed by atoms with E-state index in [2.05, 4.69) is 13.8 Å². The molecule has 0 unspecified atom stereocenters. The molecule has 118 valence electrons. The van der Waals surface area contributed by atoms with Crippen LogP contribution in [-0.2, 0) is 6.42 Å². The van der Waals surface area contributed by atoms with Gasteiger partial charge in [0.15, 0.2) is 0 Å². The molecule has 0 radical (unpaired) electrons. The SMILES string of the molecule is CCc1cc(C(=O)N(C)CCOc2ccc(Cl)cc2)sc1C. The summed E-state index contributed by atoms with van der Waals surface area (Å²) >= 11 is 7.39. The predicted octanol–water partition coefficient (Wildman–Crippen LogP) is 4.42. The van der Waals surface area contributed by atoms with Crippen LogP contribution in [0.4, 0.5) is 0 Å². The van der Waals surface area contributed by atoms with Crippen molar-refractivity contribution in [2.45, 2.75) is 20.3 Å². The van der Waals surface area contributed by atoms with Crippen LogP contribution in [0, 0.1) is 6.92 Å². The highest BCUT2D eigenvalue weighted by Crippen LogP contribution is 2.23. The van der Waals surface area contributed by atoms with E-state index in [1.165, 1.54) is 10.4 Å². The Hall–Kier alpha value is -1.52. The van der Waals surface area contributed by atoms with Gasteiger partial charge in [-0.25, -0.2) is 0 Å². The molecule has 0 aliphatic rings. The summed E-state index contributed by atoms with van der Waals surface area (Å²) < 4.78 is 5.62. The highest BCUT2D eigenvalue weighted by molar-refractivity contribution is 7.14. The summed E-state index contributed by atoms with van der Waals surface area (Å²) in [6.45, 7) is 5.16. The van der Waals surface area contributed by atoms with Crippen molar-refractivity contribution >= 4 is 28.8 Å². The molecular formula is C17H20ClNO2S. The molecule has 0 saturated heterocycles. The van der Waals surface area contributed by atoms with Crippen molar-refractivity contribution in [3.63, 3.8) is 0 Å². The molecule has 0 N–H and O–H groups in total. The fourth-order valence-electron chi connectivity index (χ4n) is 2.10. The van der Waals surface area contributed by atoms with Gasteiger partial charge in [0, 0.05) is 16.9 Å². The summed E-state index contributed by atoms with van der Waals surface area (Å²) in [6.07, 6.45) is 0.957. The first-order chi connectivity index (χ1) is 10.5. The Morgan fingerprint density at radius 2 is 2.00 bits per heavy atom. The summed E-state index contributed by atoms with van der Waals surface area (Å²) in [4.78, 5) is 16.1. The average Bonchev–Trinajstić information content (AvgIpc) is 2.89. The van der Waals surface area contributed by atoms with Crippen LogP contribution < -0.4 is 4.74 Å². The molecule has 0 fully saturated rings. The number of aryl methyl sites for hydroxylation is 2. The van der Waals surface area contributed by atoms with Gasteiger partial charge in [-0.05, 0) is 49.2 Å². The number of likely N-dealkylation sites (N-methyl/N-ethyl adjacent to an activating group) is 1. The third-order valence-electron chi connectivity index (χ3n) is 3.47. The second-order valence-corrected chi connectivity index (χ2v) is 6.77. The lowest BCUT2D eigenvalue weighted by Gasteiger charge is -2.16. The molecule has 3 nitrogen and oxygen atoms in total. The fraction of sp³-hybridized carbons (Fsp3) is 0.353. The van der Waals surface area contributed by atoms with Crippen molar-refractivity contribution in [3.05, 3.63) is 50.7 Å². The monoisotopic (exact) mass is 337 g/mol. The molecule has 1 aromatic heterocycles. The number of carbonyl (C=O) groups is 1. The smallest absolute Gasteiger partial charge is 0.263 e. The molecule has 1 aromatic carbocycles. The zero-order valence-corrected chi connectivity index (χ0v) is 14.6. The van der Waals surface area contributed by atoms with Gasteiger partial charge in [-0.3, -0.25) is 4.79 Å². The van der Waals surface area contributed by atoms with E-state index in [1.54, 1.807) is 35.4 Å². The van der Waals surface area contributed by atoms with Gasteiger partial charge in [0.1, 0.15) is 12.4 Å². The largest absolute Gasteiger partial charge is 0.492 e. The van der Waals surface area contributed by atoms with Crippen molar-refractivity contribution in [1.29, 1.82) is 0 Å². The minimum Gasteiger partial charge on any atom is -0.492 e. The number of hydrogen-bond donors (Lipinski definition) is 0. The van der Waals surface area contributed by atoms with E-state index in [0.29, 0.717) is 18.2 Å². The zero-order valence-electron chi connectivity index (χ0n) is 13.1. The number of halogens is 1. The second-order valence-electron chi connectivity index (χ2n) is 5.07. The van der Waals surface area contributed by atoms with Crippen molar-refractivity contribution in [2.75, 3.05) is 20.2 Å². The zero-order chi connectivity index (χ0) is 16.1. The number of benzene rings is 1. The Morgan fingerprint density at radius 3 is 2.59 bits per heavy atom. The molecule has 0 aliphatic carbocycles. The fourth-order valence-corrected chi connectivity index (χ4v) is 3.33. The Balaban J connectivity index is 1.87. The van der Waals surface area contributed by atoms with Gasteiger partial charge in [0.2, 0.25) is 0 Å². The van der Waals surface area contributed by atoms with Crippen LogP contribution in [0.3, 0.4) is 0 Å². The van der Waals surface area contributed by atoms with Gasteiger partial charge >= 0.3 is 0 Å². The first-order valence-corrected chi connectivity index (χ1v) is 8.44. The molecule has 0 saturated carbocycles. The number of nitrogens with zero attached hydrogens (tertiary/aromatic N) is 1. The molecule has 2 rings (SSSR count). The molecular weight excluding hydrogens is 318 g/mol. The van der Waals surface area contributed by atoms with Crippen LogP contribution in [0.15, 0.2) is 30.3 Å².